The number of nitrogens with zero attached hydrogens (tertiary/aromatic N) is 2. The smallest absolute Gasteiger partial charge is 0.347 e. The molecular weight excluding hydrogens is 344 g/mol. The number of aryl methyl sites for hydroxylation is 1. The fourth-order valence-electron chi connectivity index (χ4n) is 3.05. The minimum Gasteiger partial charge on any atom is -0.479 e. The van der Waals surface area contributed by atoms with Crippen molar-refractivity contribution in [2.45, 2.75) is 46.8 Å². The van der Waals surface area contributed by atoms with Crippen LogP contribution in [0.4, 0.5) is 0 Å². The van der Waals surface area contributed by atoms with E-state index in [2.05, 4.69) is 18.4 Å². The van der Waals surface area contributed by atoms with Crippen LogP contribution in [-0.4, -0.2) is 29.0 Å². The molecular formula is C21H24N2O4. The Labute approximate surface area is 159 Å². The van der Waals surface area contributed by atoms with Gasteiger partial charge in [-0.3, -0.25) is 4.79 Å². The SMILES string of the molecule is Cc1cc(C(=O)COC(=O)[C@H](C)Oc2ccc(C#N)cc2)c(C)n1C(C)C. The van der Waals surface area contributed by atoms with E-state index in [0.29, 0.717) is 16.9 Å². The number of hydrogen-bond donors (Lipinski definition) is 0. The maximum Gasteiger partial charge on any atom is 0.347 e. The van der Waals surface area contributed by atoms with E-state index in [1.54, 1.807) is 31.2 Å². The van der Waals surface area contributed by atoms with Gasteiger partial charge in [-0.2, -0.15) is 5.26 Å². The first-order valence-electron chi connectivity index (χ1n) is 8.79. The van der Waals surface area contributed by atoms with E-state index in [9.17, 15) is 9.59 Å². The number of aromatic nitrogens is 1. The first-order chi connectivity index (χ1) is 12.7. The fourth-order valence-corrected chi connectivity index (χ4v) is 3.05. The number of Topliss-reactive ketones (excluding diaryl/α,β-unsaturated/α-hetero) is 1. The average Bonchev–Trinajstić information content (AvgIpc) is 2.94. The van der Waals surface area contributed by atoms with E-state index >= 15 is 0 Å². The van der Waals surface area contributed by atoms with Gasteiger partial charge < -0.3 is 14.0 Å². The van der Waals surface area contributed by atoms with Gasteiger partial charge in [-0.05, 0) is 65.0 Å². The van der Waals surface area contributed by atoms with E-state index in [-0.39, 0.29) is 18.4 Å². The topological polar surface area (TPSA) is 81.3 Å². The van der Waals surface area contributed by atoms with Crippen molar-refractivity contribution in [2.75, 3.05) is 6.61 Å². The molecule has 0 fully saturated rings. The Morgan fingerprint density at radius 3 is 2.30 bits per heavy atom. The molecule has 6 nitrogen and oxygen atoms in total. The van der Waals surface area contributed by atoms with Crippen molar-refractivity contribution in [1.82, 2.24) is 4.57 Å². The zero-order valence-electron chi connectivity index (χ0n) is 16.3. The zero-order valence-corrected chi connectivity index (χ0v) is 16.3. The summed E-state index contributed by atoms with van der Waals surface area (Å²) in [4.78, 5) is 24.6. The summed E-state index contributed by atoms with van der Waals surface area (Å²) < 4.78 is 12.7. The summed E-state index contributed by atoms with van der Waals surface area (Å²) >= 11 is 0. The number of rotatable bonds is 7. The molecule has 1 atom stereocenters. The highest BCUT2D eigenvalue weighted by molar-refractivity contribution is 5.99. The summed E-state index contributed by atoms with van der Waals surface area (Å²) in [5.41, 5.74) is 2.93. The van der Waals surface area contributed by atoms with Crippen LogP contribution < -0.4 is 4.74 Å². The molecule has 0 saturated heterocycles. The molecule has 0 unspecified atom stereocenters. The monoisotopic (exact) mass is 368 g/mol. The number of hydrogen-bond acceptors (Lipinski definition) is 5. The number of carbonyl (C=O) groups is 2. The highest BCUT2D eigenvalue weighted by atomic mass is 16.6. The molecule has 0 aliphatic heterocycles. The highest BCUT2D eigenvalue weighted by Gasteiger charge is 2.21. The predicted octanol–water partition coefficient (Wildman–Crippen LogP) is 3.75. The Bertz CT molecular complexity index is 873. The van der Waals surface area contributed by atoms with Gasteiger partial charge in [-0.25, -0.2) is 4.79 Å². The van der Waals surface area contributed by atoms with Gasteiger partial charge in [0, 0.05) is 23.0 Å². The lowest BCUT2D eigenvalue weighted by molar-refractivity contribution is -0.149. The molecule has 0 spiro atoms. The molecule has 6 heteroatoms. The molecule has 142 valence electrons. The molecule has 27 heavy (non-hydrogen) atoms. The summed E-state index contributed by atoms with van der Waals surface area (Å²) in [6, 6.07) is 10.5. The van der Waals surface area contributed by atoms with Crippen molar-refractivity contribution in [3.05, 3.63) is 52.8 Å². The first-order valence-corrected chi connectivity index (χ1v) is 8.79. The Hall–Kier alpha value is -3.07. The van der Waals surface area contributed by atoms with Gasteiger partial charge >= 0.3 is 5.97 Å². The second-order valence-electron chi connectivity index (χ2n) is 6.68. The zero-order chi connectivity index (χ0) is 20.1. The minimum absolute atomic E-state index is 0.242. The van der Waals surface area contributed by atoms with Crippen LogP contribution in [0.5, 0.6) is 5.75 Å². The molecule has 2 rings (SSSR count). The number of ketones is 1. The van der Waals surface area contributed by atoms with Crippen molar-refractivity contribution in [1.29, 1.82) is 5.26 Å². The van der Waals surface area contributed by atoms with E-state index in [4.69, 9.17) is 14.7 Å². The molecule has 1 aromatic heterocycles. The summed E-state index contributed by atoms with van der Waals surface area (Å²) in [7, 11) is 0. The average molecular weight is 368 g/mol. The van der Waals surface area contributed by atoms with Crippen molar-refractivity contribution in [3.8, 4) is 11.8 Å². The van der Waals surface area contributed by atoms with Crippen molar-refractivity contribution in [3.63, 3.8) is 0 Å². The van der Waals surface area contributed by atoms with Crippen LogP contribution in [0.25, 0.3) is 0 Å². The Morgan fingerprint density at radius 1 is 1.15 bits per heavy atom. The van der Waals surface area contributed by atoms with Crippen molar-refractivity contribution >= 4 is 11.8 Å². The number of benzene rings is 1. The lowest BCUT2D eigenvalue weighted by Gasteiger charge is -2.14. The number of ether oxygens (including phenoxy) is 2. The van der Waals surface area contributed by atoms with Crippen LogP contribution >= 0.6 is 0 Å². The standard InChI is InChI=1S/C21H24N2O4/c1-13(2)23-14(3)10-19(15(23)4)20(24)12-26-21(25)16(5)27-18-8-6-17(11-22)7-9-18/h6-10,13,16H,12H2,1-5H3/t16-/m0/s1. The Morgan fingerprint density at radius 2 is 1.78 bits per heavy atom. The Kier molecular flexibility index (Phi) is 6.40. The second kappa shape index (κ2) is 8.54. The fraction of sp³-hybridized carbons (Fsp3) is 0.381. The molecule has 0 N–H and O–H groups in total. The van der Waals surface area contributed by atoms with Gasteiger partial charge in [0.15, 0.2) is 12.7 Å². The van der Waals surface area contributed by atoms with Gasteiger partial charge in [0.05, 0.1) is 11.6 Å². The summed E-state index contributed by atoms with van der Waals surface area (Å²) in [6.45, 7) is 9.16. The lowest BCUT2D eigenvalue weighted by atomic mass is 10.1. The van der Waals surface area contributed by atoms with Gasteiger partial charge in [0.1, 0.15) is 5.75 Å². The summed E-state index contributed by atoms with van der Waals surface area (Å²) in [6.07, 6.45) is -0.867. The van der Waals surface area contributed by atoms with Gasteiger partial charge in [0.2, 0.25) is 5.78 Å². The molecule has 0 aliphatic rings. The third-order valence-electron chi connectivity index (χ3n) is 4.27. The molecule has 0 aliphatic carbocycles. The molecule has 1 heterocycles. The van der Waals surface area contributed by atoms with Crippen LogP contribution in [0, 0.1) is 25.2 Å². The Balaban J connectivity index is 1.95. The maximum absolute atomic E-state index is 12.4. The molecule has 0 bridgehead atoms. The first kappa shape index (κ1) is 20.2. The minimum atomic E-state index is -0.867. The van der Waals surface area contributed by atoms with Crippen LogP contribution in [0.2, 0.25) is 0 Å². The largest absolute Gasteiger partial charge is 0.479 e. The third-order valence-corrected chi connectivity index (χ3v) is 4.27. The van der Waals surface area contributed by atoms with Gasteiger partial charge in [-0.15, -0.1) is 0 Å². The molecule has 0 saturated carbocycles. The molecule has 0 radical (unpaired) electrons. The number of carbonyl (C=O) groups excluding carboxylic acids is 2. The normalized spacial score (nSPS) is 11.7. The molecule has 1 aromatic carbocycles. The van der Waals surface area contributed by atoms with E-state index in [0.717, 1.165) is 11.4 Å². The van der Waals surface area contributed by atoms with Gasteiger partial charge in [-0.1, -0.05) is 0 Å². The van der Waals surface area contributed by atoms with Crippen LogP contribution in [0.3, 0.4) is 0 Å². The summed E-state index contributed by atoms with van der Waals surface area (Å²) in [5, 5.41) is 8.78. The quantitative estimate of drug-likeness (QED) is 0.549. The van der Waals surface area contributed by atoms with E-state index in [1.165, 1.54) is 0 Å². The summed E-state index contributed by atoms with van der Waals surface area (Å²) in [5.74, 6) is -0.412. The number of nitriles is 1. The highest BCUT2D eigenvalue weighted by Crippen LogP contribution is 2.21. The van der Waals surface area contributed by atoms with Crippen LogP contribution in [0.15, 0.2) is 30.3 Å². The lowest BCUT2D eigenvalue weighted by Crippen LogP contribution is -2.28. The van der Waals surface area contributed by atoms with E-state index < -0.39 is 12.1 Å². The molecule has 2 aromatic rings. The van der Waals surface area contributed by atoms with E-state index in [1.807, 2.05) is 26.0 Å². The van der Waals surface area contributed by atoms with Crippen LogP contribution in [0.1, 0.15) is 54.1 Å². The maximum atomic E-state index is 12.4. The number of esters is 1. The van der Waals surface area contributed by atoms with Gasteiger partial charge in [0.25, 0.3) is 0 Å². The van der Waals surface area contributed by atoms with Crippen molar-refractivity contribution < 1.29 is 19.1 Å². The molecule has 0 amide bonds. The van der Waals surface area contributed by atoms with Crippen LogP contribution in [-0.2, 0) is 9.53 Å². The third kappa shape index (κ3) is 4.76. The van der Waals surface area contributed by atoms with Crippen molar-refractivity contribution in [2.24, 2.45) is 0 Å². The second-order valence-corrected chi connectivity index (χ2v) is 6.68. The predicted molar refractivity (Wildman–Crippen MR) is 101 cm³/mol.